The van der Waals surface area contributed by atoms with Gasteiger partial charge in [-0.1, -0.05) is 0 Å². The average Bonchev–Trinajstić information content (AvgIpc) is 2.17. The molecule has 0 bridgehead atoms. The van der Waals surface area contributed by atoms with E-state index in [1.165, 1.54) is 24.3 Å². The molecule has 3 N–H and O–H groups in total. The number of aromatic carboxylic acids is 1. The van der Waals surface area contributed by atoms with E-state index in [-0.39, 0.29) is 27.6 Å². The minimum atomic E-state index is -1.05. The first-order chi connectivity index (χ1) is 6.15. The third kappa shape index (κ3) is 2.83. The summed E-state index contributed by atoms with van der Waals surface area (Å²) in [4.78, 5) is 25.2. The van der Waals surface area contributed by atoms with Crippen LogP contribution in [-0.2, 0) is 21.3 Å². The maximum Gasteiger partial charge on any atom is 0.356 e. The number of rotatable bonds is 2. The Morgan fingerprint density at radius 3 is 1.93 bits per heavy atom. The molecule has 5 nitrogen and oxygen atoms in total. The number of carbonyl (C=O) groups excluding carboxylic acids is 1. The van der Waals surface area contributed by atoms with Gasteiger partial charge < -0.3 is 9.94 Å². The Balaban J connectivity index is 0.00000169. The molecule has 0 fully saturated rings. The average molecular weight is 240 g/mol. The maximum atomic E-state index is 10.8. The molecule has 1 aromatic rings. The van der Waals surface area contributed by atoms with Gasteiger partial charge in [-0.3, -0.25) is 0 Å². The van der Waals surface area contributed by atoms with Crippen LogP contribution in [0.15, 0.2) is 24.3 Å². The van der Waals surface area contributed by atoms with Crippen molar-refractivity contribution in [1.82, 2.24) is 0 Å². The zero-order valence-corrected chi connectivity index (χ0v) is 7.86. The molecule has 0 aliphatic rings. The first-order valence-corrected chi connectivity index (χ1v) is 3.39. The van der Waals surface area contributed by atoms with Crippen LogP contribution in [0.25, 0.3) is 0 Å². The number of hydrogen-bond donors (Lipinski definition) is 2. The van der Waals surface area contributed by atoms with Gasteiger partial charge in [0, 0.05) is 16.5 Å². The summed E-state index contributed by atoms with van der Waals surface area (Å²) in [5, 5.41) is 8.53. The molecular formula is C8H7NNiO4. The molecule has 0 heterocycles. The molecule has 1 aromatic carbocycles. The van der Waals surface area contributed by atoms with E-state index in [0.29, 0.717) is 0 Å². The van der Waals surface area contributed by atoms with Gasteiger partial charge in [-0.15, -0.1) is 0 Å². The molecule has 6 heteroatoms. The van der Waals surface area contributed by atoms with Gasteiger partial charge in [-0.25, -0.2) is 9.59 Å². The van der Waals surface area contributed by atoms with Crippen molar-refractivity contribution in [1.29, 1.82) is 0 Å². The fraction of sp³-hybridized carbons (Fsp3) is 0. The van der Waals surface area contributed by atoms with E-state index in [0.717, 1.165) is 0 Å². The fourth-order valence-corrected chi connectivity index (χ4v) is 0.817. The summed E-state index contributed by atoms with van der Waals surface area (Å²) in [6.45, 7) is 0. The van der Waals surface area contributed by atoms with E-state index in [4.69, 9.17) is 5.11 Å². The first-order valence-electron chi connectivity index (χ1n) is 3.39. The van der Waals surface area contributed by atoms with Gasteiger partial charge in [0.25, 0.3) is 0 Å². The van der Waals surface area contributed by atoms with Gasteiger partial charge in [0.05, 0.1) is 11.1 Å². The first kappa shape index (κ1) is 12.6. The number of nitrogens with two attached hydrogens (primary N) is 1. The Labute approximate surface area is 89.7 Å². The molecule has 1 rings (SSSR count). The number of carbonyl (C=O) groups is 2. The van der Waals surface area contributed by atoms with Gasteiger partial charge in [0.1, 0.15) is 0 Å². The van der Waals surface area contributed by atoms with Crippen molar-refractivity contribution in [3.8, 4) is 0 Å². The summed E-state index contributed by atoms with van der Waals surface area (Å²) in [7, 11) is 0. The predicted octanol–water partition coefficient (Wildman–Crippen LogP) is 0.413. The van der Waals surface area contributed by atoms with Crippen molar-refractivity contribution in [3.63, 3.8) is 0 Å². The standard InChI is InChI=1S/C8H7NO4.Ni/c9-13-8(12)6-3-1-5(2-4-6)7(10)11;/h1-4H,9H2,(H,10,11);. The monoisotopic (exact) mass is 239 g/mol. The normalized spacial score (nSPS) is 8.64. The van der Waals surface area contributed by atoms with E-state index in [2.05, 4.69) is 10.7 Å². The van der Waals surface area contributed by atoms with E-state index in [1.807, 2.05) is 0 Å². The molecule has 14 heavy (non-hydrogen) atoms. The van der Waals surface area contributed by atoms with Crippen LogP contribution in [0.4, 0.5) is 0 Å². The van der Waals surface area contributed by atoms with Crippen molar-refractivity contribution in [2.75, 3.05) is 0 Å². The molecule has 78 valence electrons. The van der Waals surface area contributed by atoms with Crippen molar-refractivity contribution >= 4 is 11.9 Å². The topological polar surface area (TPSA) is 89.6 Å². The van der Waals surface area contributed by atoms with Crippen molar-refractivity contribution < 1.29 is 36.0 Å². The van der Waals surface area contributed by atoms with E-state index < -0.39 is 11.9 Å². The van der Waals surface area contributed by atoms with Crippen LogP contribution >= 0.6 is 0 Å². The minimum absolute atomic E-state index is 0. The summed E-state index contributed by atoms with van der Waals surface area (Å²) in [6, 6.07) is 5.26. The third-order valence-corrected chi connectivity index (χ3v) is 1.47. The zero-order valence-electron chi connectivity index (χ0n) is 6.87. The van der Waals surface area contributed by atoms with Crippen molar-refractivity contribution in [3.05, 3.63) is 35.4 Å². The molecule has 0 radical (unpaired) electrons. The molecule has 0 aliphatic carbocycles. The summed E-state index contributed by atoms with van der Waals surface area (Å²) >= 11 is 0. The Morgan fingerprint density at radius 1 is 1.14 bits per heavy atom. The Morgan fingerprint density at radius 2 is 1.57 bits per heavy atom. The molecule has 0 spiro atoms. The maximum absolute atomic E-state index is 10.8. The van der Waals surface area contributed by atoms with Gasteiger partial charge >= 0.3 is 11.9 Å². The van der Waals surface area contributed by atoms with Crippen molar-refractivity contribution in [2.24, 2.45) is 5.90 Å². The van der Waals surface area contributed by atoms with E-state index >= 15 is 0 Å². The predicted molar refractivity (Wildman–Crippen MR) is 43.0 cm³/mol. The molecule has 0 amide bonds. The van der Waals surface area contributed by atoms with Crippen LogP contribution < -0.4 is 5.90 Å². The molecule has 0 saturated heterocycles. The Bertz CT molecular complexity index is 336. The molecule has 0 unspecified atom stereocenters. The smallest absolute Gasteiger partial charge is 0.356 e. The van der Waals surface area contributed by atoms with Gasteiger partial charge in [-0.2, -0.15) is 5.90 Å². The number of benzene rings is 1. The van der Waals surface area contributed by atoms with Crippen LogP contribution in [0.2, 0.25) is 0 Å². The SMILES string of the molecule is NOC(=O)c1ccc(C(=O)O)cc1.[Ni]. The Hall–Kier alpha value is -1.39. The van der Waals surface area contributed by atoms with Gasteiger partial charge in [-0.05, 0) is 24.3 Å². The number of carboxylic acid groups (broad SMARTS) is 1. The van der Waals surface area contributed by atoms with Crippen molar-refractivity contribution in [2.45, 2.75) is 0 Å². The zero-order chi connectivity index (χ0) is 9.84. The van der Waals surface area contributed by atoms with E-state index in [1.54, 1.807) is 0 Å². The molecule has 0 saturated carbocycles. The largest absolute Gasteiger partial charge is 0.478 e. The Kier molecular flexibility index (Phi) is 4.83. The van der Waals surface area contributed by atoms with E-state index in [9.17, 15) is 9.59 Å². The second-order valence-electron chi connectivity index (χ2n) is 2.29. The third-order valence-electron chi connectivity index (χ3n) is 1.47. The van der Waals surface area contributed by atoms with Gasteiger partial charge in [0.2, 0.25) is 0 Å². The van der Waals surface area contributed by atoms with Crippen LogP contribution in [0.5, 0.6) is 0 Å². The fourth-order valence-electron chi connectivity index (χ4n) is 0.817. The van der Waals surface area contributed by atoms with Gasteiger partial charge in [0.15, 0.2) is 0 Å². The van der Waals surface area contributed by atoms with Crippen LogP contribution in [0.3, 0.4) is 0 Å². The molecule has 0 atom stereocenters. The summed E-state index contributed by atoms with van der Waals surface area (Å²) < 4.78 is 0. The molecular weight excluding hydrogens is 233 g/mol. The van der Waals surface area contributed by atoms with Crippen LogP contribution in [0, 0.1) is 0 Å². The second kappa shape index (κ2) is 5.37. The summed E-state index contributed by atoms with van der Waals surface area (Å²) in [5.74, 6) is 2.89. The summed E-state index contributed by atoms with van der Waals surface area (Å²) in [6.07, 6.45) is 0. The number of carboxylic acids is 1. The van der Waals surface area contributed by atoms with Crippen LogP contribution in [0.1, 0.15) is 20.7 Å². The molecule has 0 aliphatic heterocycles. The van der Waals surface area contributed by atoms with Crippen LogP contribution in [-0.4, -0.2) is 17.0 Å². The minimum Gasteiger partial charge on any atom is -0.478 e. The number of hydrogen-bond acceptors (Lipinski definition) is 4. The second-order valence-corrected chi connectivity index (χ2v) is 2.29. The molecule has 0 aromatic heterocycles. The quantitative estimate of drug-likeness (QED) is 0.577. The summed E-state index contributed by atoms with van der Waals surface area (Å²) in [5.41, 5.74) is 0.320.